The highest BCUT2D eigenvalue weighted by atomic mass is 19.3. The van der Waals surface area contributed by atoms with Gasteiger partial charge in [0.2, 0.25) is 0 Å². The molecule has 1 aromatic rings. The van der Waals surface area contributed by atoms with Crippen LogP contribution in [0.2, 0.25) is 0 Å². The molecule has 0 aliphatic carbocycles. The van der Waals surface area contributed by atoms with Gasteiger partial charge in [-0.1, -0.05) is 13.3 Å². The molecule has 0 fully saturated rings. The van der Waals surface area contributed by atoms with Crippen molar-refractivity contribution >= 4 is 11.7 Å². The lowest BCUT2D eigenvalue weighted by atomic mass is 10.3. The van der Waals surface area contributed by atoms with Crippen LogP contribution in [-0.4, -0.2) is 18.9 Å². The highest BCUT2D eigenvalue weighted by Crippen LogP contribution is 2.42. The molecule has 0 bridgehead atoms. The van der Waals surface area contributed by atoms with E-state index in [1.165, 1.54) is 18.2 Å². The van der Waals surface area contributed by atoms with Gasteiger partial charge in [0.25, 0.3) is 0 Å². The molecule has 7 heteroatoms. The van der Waals surface area contributed by atoms with Gasteiger partial charge in [-0.15, -0.1) is 8.78 Å². The Morgan fingerprint density at radius 2 is 2.05 bits per heavy atom. The van der Waals surface area contributed by atoms with Crippen molar-refractivity contribution in [3.05, 3.63) is 18.2 Å². The Morgan fingerprint density at radius 3 is 2.79 bits per heavy atom. The minimum absolute atomic E-state index is 0.0538. The number of nitrogens with one attached hydrogen (secondary N) is 2. The predicted molar refractivity (Wildman–Crippen MR) is 64.6 cm³/mol. The van der Waals surface area contributed by atoms with Crippen molar-refractivity contribution < 1.29 is 23.0 Å². The first-order valence-corrected chi connectivity index (χ1v) is 5.95. The summed E-state index contributed by atoms with van der Waals surface area (Å²) in [6.07, 6.45) is -1.80. The second-order valence-electron chi connectivity index (χ2n) is 4.06. The van der Waals surface area contributed by atoms with Gasteiger partial charge in [0, 0.05) is 18.3 Å². The fourth-order valence-electron chi connectivity index (χ4n) is 1.58. The number of alkyl halides is 2. The number of unbranched alkanes of at least 4 members (excludes halogenated alkanes) is 1. The molecule has 1 aromatic carbocycles. The first-order valence-electron chi connectivity index (χ1n) is 5.95. The maximum absolute atomic E-state index is 12.8. The number of halogens is 2. The SMILES string of the molecule is CCCCNC(=O)Nc1ccc2c(c1)OC(F)(F)O2. The van der Waals surface area contributed by atoms with Gasteiger partial charge in [0.05, 0.1) is 0 Å². The summed E-state index contributed by atoms with van der Waals surface area (Å²) in [5.74, 6) is -0.154. The molecule has 2 rings (SSSR count). The smallest absolute Gasteiger partial charge is 0.395 e. The maximum atomic E-state index is 12.8. The molecule has 19 heavy (non-hydrogen) atoms. The van der Waals surface area contributed by atoms with Crippen LogP contribution in [0.15, 0.2) is 18.2 Å². The van der Waals surface area contributed by atoms with Crippen molar-refractivity contribution in [2.24, 2.45) is 0 Å². The van der Waals surface area contributed by atoms with E-state index >= 15 is 0 Å². The Hall–Kier alpha value is -2.05. The van der Waals surface area contributed by atoms with Crippen LogP contribution < -0.4 is 20.1 Å². The number of amides is 2. The zero-order chi connectivity index (χ0) is 13.9. The topological polar surface area (TPSA) is 59.6 Å². The number of hydrogen-bond donors (Lipinski definition) is 2. The molecule has 1 heterocycles. The average Bonchev–Trinajstić information content (AvgIpc) is 2.62. The van der Waals surface area contributed by atoms with Gasteiger partial charge in [-0.3, -0.25) is 0 Å². The Morgan fingerprint density at radius 1 is 1.32 bits per heavy atom. The number of carbonyl (C=O) groups is 1. The zero-order valence-electron chi connectivity index (χ0n) is 10.3. The molecule has 0 aromatic heterocycles. The van der Waals surface area contributed by atoms with Crippen LogP contribution in [0.4, 0.5) is 19.3 Å². The average molecular weight is 272 g/mol. The van der Waals surface area contributed by atoms with E-state index in [4.69, 9.17) is 0 Å². The molecule has 1 aliphatic heterocycles. The Labute approximate surface area is 108 Å². The van der Waals surface area contributed by atoms with E-state index in [0.717, 1.165) is 12.8 Å². The third-order valence-corrected chi connectivity index (χ3v) is 2.48. The van der Waals surface area contributed by atoms with Crippen molar-refractivity contribution in [3.63, 3.8) is 0 Å². The van der Waals surface area contributed by atoms with Crippen molar-refractivity contribution in [2.75, 3.05) is 11.9 Å². The third-order valence-electron chi connectivity index (χ3n) is 2.48. The number of rotatable bonds is 4. The summed E-state index contributed by atoms with van der Waals surface area (Å²) in [5.41, 5.74) is 0.356. The molecule has 1 aliphatic rings. The first kappa shape index (κ1) is 13.4. The standard InChI is InChI=1S/C12H14F2N2O3/c1-2-3-6-15-11(17)16-8-4-5-9-10(7-8)19-12(13,14)18-9/h4-5,7H,2-3,6H2,1H3,(H2,15,16,17). The van der Waals surface area contributed by atoms with Gasteiger partial charge in [0.1, 0.15) is 0 Å². The monoisotopic (exact) mass is 272 g/mol. The largest absolute Gasteiger partial charge is 0.586 e. The van der Waals surface area contributed by atoms with Gasteiger partial charge in [-0.05, 0) is 18.6 Å². The molecule has 2 amide bonds. The lowest BCUT2D eigenvalue weighted by Gasteiger charge is -2.07. The summed E-state index contributed by atoms with van der Waals surface area (Å²) in [5, 5.41) is 5.17. The molecule has 0 saturated heterocycles. The van der Waals surface area contributed by atoms with Crippen LogP contribution >= 0.6 is 0 Å². The minimum atomic E-state index is -3.65. The number of benzene rings is 1. The fraction of sp³-hybridized carbons (Fsp3) is 0.417. The van der Waals surface area contributed by atoms with Crippen LogP contribution in [0, 0.1) is 0 Å². The number of hydrogen-bond acceptors (Lipinski definition) is 3. The number of anilines is 1. The maximum Gasteiger partial charge on any atom is 0.586 e. The second kappa shape index (κ2) is 5.29. The van der Waals surface area contributed by atoms with E-state index in [-0.39, 0.29) is 17.5 Å². The Bertz CT molecular complexity index is 480. The quantitative estimate of drug-likeness (QED) is 0.828. The Kier molecular flexibility index (Phi) is 3.73. The van der Waals surface area contributed by atoms with Crippen molar-refractivity contribution in [3.8, 4) is 11.5 Å². The van der Waals surface area contributed by atoms with Gasteiger partial charge < -0.3 is 20.1 Å². The molecule has 0 atom stereocenters. The predicted octanol–water partition coefficient (Wildman–Crippen LogP) is 2.93. The van der Waals surface area contributed by atoms with E-state index < -0.39 is 6.29 Å². The molecule has 5 nitrogen and oxygen atoms in total. The highest BCUT2D eigenvalue weighted by Gasteiger charge is 2.43. The van der Waals surface area contributed by atoms with Gasteiger partial charge in [0.15, 0.2) is 11.5 Å². The van der Waals surface area contributed by atoms with Crippen LogP contribution in [-0.2, 0) is 0 Å². The summed E-state index contributed by atoms with van der Waals surface area (Å²) in [7, 11) is 0. The first-order chi connectivity index (χ1) is 9.00. The molecular formula is C12H14F2N2O3. The lowest BCUT2D eigenvalue weighted by Crippen LogP contribution is -2.29. The van der Waals surface area contributed by atoms with Crippen LogP contribution in [0.3, 0.4) is 0 Å². The summed E-state index contributed by atoms with van der Waals surface area (Å²) < 4.78 is 34.1. The molecule has 2 N–H and O–H groups in total. The normalized spacial score (nSPS) is 15.1. The van der Waals surface area contributed by atoms with E-state index in [1.807, 2.05) is 6.92 Å². The highest BCUT2D eigenvalue weighted by molar-refractivity contribution is 5.89. The lowest BCUT2D eigenvalue weighted by molar-refractivity contribution is -0.286. The number of urea groups is 1. The van der Waals surface area contributed by atoms with Crippen LogP contribution in [0.5, 0.6) is 11.5 Å². The van der Waals surface area contributed by atoms with Gasteiger partial charge >= 0.3 is 12.3 Å². The van der Waals surface area contributed by atoms with Crippen molar-refractivity contribution in [1.82, 2.24) is 5.32 Å². The van der Waals surface area contributed by atoms with Crippen LogP contribution in [0.25, 0.3) is 0 Å². The Balaban J connectivity index is 1.95. The third kappa shape index (κ3) is 3.46. The molecule has 0 unspecified atom stereocenters. The minimum Gasteiger partial charge on any atom is -0.395 e. The van der Waals surface area contributed by atoms with Crippen LogP contribution in [0.1, 0.15) is 19.8 Å². The van der Waals surface area contributed by atoms with E-state index in [0.29, 0.717) is 12.2 Å². The summed E-state index contributed by atoms with van der Waals surface area (Å²) >= 11 is 0. The van der Waals surface area contributed by atoms with E-state index in [1.54, 1.807) is 0 Å². The molecular weight excluding hydrogens is 258 g/mol. The number of ether oxygens (including phenoxy) is 2. The van der Waals surface area contributed by atoms with Gasteiger partial charge in [-0.25, -0.2) is 4.79 Å². The zero-order valence-corrected chi connectivity index (χ0v) is 10.3. The molecule has 0 saturated carbocycles. The summed E-state index contributed by atoms with van der Waals surface area (Å²) in [6.45, 7) is 2.57. The number of carbonyl (C=O) groups excluding carboxylic acids is 1. The second-order valence-corrected chi connectivity index (χ2v) is 4.06. The molecule has 0 radical (unpaired) electrons. The van der Waals surface area contributed by atoms with E-state index in [9.17, 15) is 13.6 Å². The summed E-state index contributed by atoms with van der Waals surface area (Å²) in [4.78, 5) is 11.5. The summed E-state index contributed by atoms with van der Waals surface area (Å²) in [6, 6.07) is 3.68. The van der Waals surface area contributed by atoms with Crippen molar-refractivity contribution in [2.45, 2.75) is 26.1 Å². The molecule has 104 valence electrons. The van der Waals surface area contributed by atoms with Crippen molar-refractivity contribution in [1.29, 1.82) is 0 Å². The molecule has 0 spiro atoms. The fourth-order valence-corrected chi connectivity index (χ4v) is 1.58. The number of fused-ring (bicyclic) bond motifs is 1. The van der Waals surface area contributed by atoms with E-state index in [2.05, 4.69) is 20.1 Å². The van der Waals surface area contributed by atoms with Gasteiger partial charge in [-0.2, -0.15) is 0 Å².